The molecule has 2 aromatic carbocycles. The van der Waals surface area contributed by atoms with Gasteiger partial charge in [-0.3, -0.25) is 0 Å². The van der Waals surface area contributed by atoms with E-state index in [9.17, 15) is 5.11 Å². The summed E-state index contributed by atoms with van der Waals surface area (Å²) in [5, 5.41) is 11.4. The molecule has 1 N–H and O–H groups in total. The summed E-state index contributed by atoms with van der Waals surface area (Å²) in [6, 6.07) is 18.2. The molecule has 0 unspecified atom stereocenters. The number of thioether (sulfide) groups is 1. The Kier molecular flexibility index (Phi) is 4.79. The number of hydrogen-bond acceptors (Lipinski definition) is 3. The second kappa shape index (κ2) is 6.94. The van der Waals surface area contributed by atoms with Crippen LogP contribution in [0.5, 0.6) is 11.5 Å². The molecule has 0 radical (unpaired) electrons. The number of hydrogen-bond donors (Lipinski definition) is 1. The van der Waals surface area contributed by atoms with E-state index < -0.39 is 5.60 Å². The maximum absolute atomic E-state index is 11.4. The minimum Gasteiger partial charge on any atom is -0.457 e. The first-order chi connectivity index (χ1) is 12.5. The molecule has 2 bridgehead atoms. The van der Waals surface area contributed by atoms with E-state index in [1.807, 2.05) is 54.2 Å². The predicted molar refractivity (Wildman–Crippen MR) is 109 cm³/mol. The lowest BCUT2D eigenvalue weighted by molar-refractivity contribution is -0.0862. The van der Waals surface area contributed by atoms with Gasteiger partial charge >= 0.3 is 0 Å². The van der Waals surface area contributed by atoms with Gasteiger partial charge < -0.3 is 9.84 Å². The van der Waals surface area contributed by atoms with E-state index in [-0.39, 0.29) is 5.41 Å². The van der Waals surface area contributed by atoms with Crippen molar-refractivity contribution in [1.29, 1.82) is 0 Å². The van der Waals surface area contributed by atoms with Crippen molar-refractivity contribution in [1.82, 2.24) is 0 Å². The Balaban J connectivity index is 1.37. The zero-order chi connectivity index (χ0) is 18.2. The Hall–Kier alpha value is -1.45. The molecule has 2 nitrogen and oxygen atoms in total. The number of ether oxygens (including phenoxy) is 1. The standard InChI is InChI=1S/C23H28O2S/c1-22(2)18-11-12-19(14-18)23(22,24)16-26-15-17-7-6-10-21(13-17)25-20-8-4-3-5-9-20/h3-10,13,18-19,24H,11-12,14-16H2,1-2H3/t18-,19-,23+/m1/s1. The summed E-state index contributed by atoms with van der Waals surface area (Å²) in [6.45, 7) is 4.54. The average molecular weight is 369 g/mol. The number of benzene rings is 2. The lowest BCUT2D eigenvalue weighted by Gasteiger charge is -2.46. The third kappa shape index (κ3) is 3.16. The van der Waals surface area contributed by atoms with Gasteiger partial charge in [-0.15, -0.1) is 0 Å². The molecule has 2 aliphatic carbocycles. The normalized spacial score (nSPS) is 29.0. The Morgan fingerprint density at radius 2 is 1.73 bits per heavy atom. The first kappa shape index (κ1) is 17.9. The second-order valence-electron chi connectivity index (χ2n) is 8.41. The van der Waals surface area contributed by atoms with E-state index in [2.05, 4.69) is 26.0 Å². The highest BCUT2D eigenvalue weighted by Gasteiger charge is 2.61. The fourth-order valence-electron chi connectivity index (χ4n) is 4.90. The van der Waals surface area contributed by atoms with Crippen LogP contribution in [0.15, 0.2) is 54.6 Å². The minimum atomic E-state index is -0.515. The van der Waals surface area contributed by atoms with Gasteiger partial charge in [-0.25, -0.2) is 0 Å². The van der Waals surface area contributed by atoms with Crippen molar-refractivity contribution in [3.63, 3.8) is 0 Å². The summed E-state index contributed by atoms with van der Waals surface area (Å²) in [5.41, 5.74) is 0.771. The average Bonchev–Trinajstić information content (AvgIpc) is 3.19. The lowest BCUT2D eigenvalue weighted by atomic mass is 9.66. The number of para-hydroxylation sites is 1. The van der Waals surface area contributed by atoms with Gasteiger partial charge in [0, 0.05) is 11.5 Å². The van der Waals surface area contributed by atoms with E-state index in [1.54, 1.807) is 0 Å². The Labute approximate surface area is 161 Å². The Morgan fingerprint density at radius 3 is 2.46 bits per heavy atom. The van der Waals surface area contributed by atoms with Crippen molar-refractivity contribution < 1.29 is 9.84 Å². The SMILES string of the molecule is CC1(C)[C@@H]2CC[C@H](C2)[C@@]1(O)CSCc1cccc(Oc2ccccc2)c1. The highest BCUT2D eigenvalue weighted by Crippen LogP contribution is 2.62. The second-order valence-corrected chi connectivity index (χ2v) is 9.39. The Morgan fingerprint density at radius 1 is 1.00 bits per heavy atom. The van der Waals surface area contributed by atoms with E-state index in [1.165, 1.54) is 24.8 Å². The van der Waals surface area contributed by atoms with Crippen LogP contribution in [0.4, 0.5) is 0 Å². The van der Waals surface area contributed by atoms with Crippen LogP contribution in [0, 0.1) is 17.3 Å². The molecule has 3 atom stereocenters. The molecule has 0 aliphatic heterocycles. The predicted octanol–water partition coefficient (Wildman–Crippen LogP) is 5.90. The summed E-state index contributed by atoms with van der Waals surface area (Å²) >= 11 is 1.85. The molecule has 0 heterocycles. The zero-order valence-electron chi connectivity index (χ0n) is 15.7. The topological polar surface area (TPSA) is 29.5 Å². The number of fused-ring (bicyclic) bond motifs is 2. The summed E-state index contributed by atoms with van der Waals surface area (Å²) in [4.78, 5) is 0. The molecule has 0 aromatic heterocycles. The smallest absolute Gasteiger partial charge is 0.127 e. The van der Waals surface area contributed by atoms with Crippen LogP contribution >= 0.6 is 11.8 Å². The van der Waals surface area contributed by atoms with Crippen LogP contribution in [-0.2, 0) is 5.75 Å². The molecular formula is C23H28O2S. The molecule has 138 valence electrons. The summed E-state index contributed by atoms with van der Waals surface area (Å²) in [5.74, 6) is 4.64. The lowest BCUT2D eigenvalue weighted by Crippen LogP contribution is -2.51. The maximum Gasteiger partial charge on any atom is 0.127 e. The van der Waals surface area contributed by atoms with Gasteiger partial charge in [-0.1, -0.05) is 44.2 Å². The third-order valence-electron chi connectivity index (χ3n) is 6.71. The van der Waals surface area contributed by atoms with E-state index in [0.29, 0.717) is 11.8 Å². The molecular weight excluding hydrogens is 340 g/mol. The summed E-state index contributed by atoms with van der Waals surface area (Å²) < 4.78 is 5.93. The van der Waals surface area contributed by atoms with Crippen molar-refractivity contribution in [2.45, 2.75) is 44.5 Å². The van der Waals surface area contributed by atoms with Gasteiger partial charge in [0.1, 0.15) is 11.5 Å². The van der Waals surface area contributed by atoms with E-state index in [0.717, 1.165) is 23.0 Å². The zero-order valence-corrected chi connectivity index (χ0v) is 16.5. The number of rotatable bonds is 6. The summed E-state index contributed by atoms with van der Waals surface area (Å²) in [6.07, 6.45) is 3.71. The highest BCUT2D eigenvalue weighted by molar-refractivity contribution is 7.98. The van der Waals surface area contributed by atoms with Crippen molar-refractivity contribution in [3.8, 4) is 11.5 Å². The van der Waals surface area contributed by atoms with Gasteiger partial charge in [0.05, 0.1) is 5.60 Å². The van der Waals surface area contributed by atoms with Crippen molar-refractivity contribution in [2.75, 3.05) is 5.75 Å². The minimum absolute atomic E-state index is 0.0428. The van der Waals surface area contributed by atoms with Crippen LogP contribution in [0.1, 0.15) is 38.7 Å². The fraction of sp³-hybridized carbons (Fsp3) is 0.478. The monoisotopic (exact) mass is 368 g/mol. The quantitative estimate of drug-likeness (QED) is 0.688. The molecule has 0 spiro atoms. The van der Waals surface area contributed by atoms with Crippen LogP contribution in [0.2, 0.25) is 0 Å². The molecule has 3 heteroatoms. The van der Waals surface area contributed by atoms with Crippen molar-refractivity contribution >= 4 is 11.8 Å². The first-order valence-corrected chi connectivity index (χ1v) is 10.8. The van der Waals surface area contributed by atoms with Gasteiger partial charge in [0.15, 0.2) is 0 Å². The number of aliphatic hydroxyl groups is 1. The van der Waals surface area contributed by atoms with Gasteiger partial charge in [0.25, 0.3) is 0 Å². The molecule has 0 amide bonds. The summed E-state index contributed by atoms with van der Waals surface area (Å²) in [7, 11) is 0. The molecule has 4 rings (SSSR count). The van der Waals surface area contributed by atoms with E-state index in [4.69, 9.17) is 4.74 Å². The molecule has 2 aliphatic rings. The molecule has 0 saturated heterocycles. The molecule has 2 saturated carbocycles. The van der Waals surface area contributed by atoms with E-state index >= 15 is 0 Å². The maximum atomic E-state index is 11.4. The van der Waals surface area contributed by atoms with Crippen LogP contribution < -0.4 is 4.74 Å². The van der Waals surface area contributed by atoms with Crippen LogP contribution in [0.25, 0.3) is 0 Å². The molecule has 2 aromatic rings. The third-order valence-corrected chi connectivity index (χ3v) is 7.89. The first-order valence-electron chi connectivity index (χ1n) is 9.61. The van der Waals surface area contributed by atoms with Gasteiger partial charge in [-0.05, 0) is 66.3 Å². The van der Waals surface area contributed by atoms with Crippen molar-refractivity contribution in [2.24, 2.45) is 17.3 Å². The van der Waals surface area contributed by atoms with Gasteiger partial charge in [0.2, 0.25) is 0 Å². The van der Waals surface area contributed by atoms with Crippen LogP contribution in [0.3, 0.4) is 0 Å². The highest BCUT2D eigenvalue weighted by atomic mass is 32.2. The molecule has 26 heavy (non-hydrogen) atoms. The Bertz CT molecular complexity index is 758. The fourth-order valence-corrected chi connectivity index (χ4v) is 6.34. The largest absolute Gasteiger partial charge is 0.457 e. The van der Waals surface area contributed by atoms with Gasteiger partial charge in [-0.2, -0.15) is 11.8 Å². The molecule has 2 fully saturated rings. The van der Waals surface area contributed by atoms with Crippen molar-refractivity contribution in [3.05, 3.63) is 60.2 Å². The van der Waals surface area contributed by atoms with Crippen LogP contribution in [-0.4, -0.2) is 16.5 Å².